The van der Waals surface area contributed by atoms with Gasteiger partial charge in [-0.25, -0.2) is 0 Å². The molecular weight excluding hydrogens is 333 g/mol. The van der Waals surface area contributed by atoms with Crippen molar-refractivity contribution >= 4 is 24.0 Å². The summed E-state index contributed by atoms with van der Waals surface area (Å²) in [4.78, 5) is 0. The first kappa shape index (κ1) is 13.2. The minimum atomic E-state index is 0. The predicted molar refractivity (Wildman–Crippen MR) is 86.2 cm³/mol. The lowest BCUT2D eigenvalue weighted by Gasteiger charge is -2.57. The highest BCUT2D eigenvalue weighted by Crippen LogP contribution is 2.58. The number of nitrogens with one attached hydrogen (secondary N) is 1. The van der Waals surface area contributed by atoms with Crippen LogP contribution in [0.4, 0.5) is 0 Å². The average Bonchev–Trinajstić information content (AvgIpc) is 2.39. The lowest BCUT2D eigenvalue weighted by atomic mass is 9.52. The number of hydrogen-bond acceptors (Lipinski definition) is 1. The molecule has 3 atom stereocenters. The molecule has 1 aliphatic heterocycles. The van der Waals surface area contributed by atoms with Crippen molar-refractivity contribution in [3.63, 3.8) is 0 Å². The summed E-state index contributed by atoms with van der Waals surface area (Å²) >= 11 is 0. The van der Waals surface area contributed by atoms with Gasteiger partial charge in [-0.05, 0) is 56.6 Å². The van der Waals surface area contributed by atoms with Crippen molar-refractivity contribution in [3.05, 3.63) is 23.3 Å². The molecule has 1 heterocycles. The van der Waals surface area contributed by atoms with Crippen LogP contribution in [-0.4, -0.2) is 12.6 Å². The fraction of sp³-hybridized carbons (Fsp3) is 0.750. The highest BCUT2D eigenvalue weighted by atomic mass is 127. The van der Waals surface area contributed by atoms with Crippen molar-refractivity contribution in [1.82, 2.24) is 5.32 Å². The van der Waals surface area contributed by atoms with Gasteiger partial charge >= 0.3 is 0 Å². The highest BCUT2D eigenvalue weighted by Gasteiger charge is 2.51. The zero-order valence-electron chi connectivity index (χ0n) is 11.1. The van der Waals surface area contributed by atoms with Gasteiger partial charge in [-0.1, -0.05) is 30.6 Å². The molecule has 1 saturated heterocycles. The molecule has 3 aliphatic carbocycles. The summed E-state index contributed by atoms with van der Waals surface area (Å²) < 4.78 is 0. The summed E-state index contributed by atoms with van der Waals surface area (Å²) in [5.74, 6) is 0.950. The Morgan fingerprint density at radius 1 is 1.22 bits per heavy atom. The van der Waals surface area contributed by atoms with Gasteiger partial charge in [0.15, 0.2) is 0 Å². The second-order valence-corrected chi connectivity index (χ2v) is 6.48. The largest absolute Gasteiger partial charge is 0.313 e. The van der Waals surface area contributed by atoms with E-state index in [9.17, 15) is 0 Å². The van der Waals surface area contributed by atoms with Crippen LogP contribution in [0.25, 0.3) is 0 Å². The van der Waals surface area contributed by atoms with Gasteiger partial charge in [-0.15, -0.1) is 24.0 Å². The fourth-order valence-electron chi connectivity index (χ4n) is 5.18. The van der Waals surface area contributed by atoms with Crippen LogP contribution in [0.15, 0.2) is 23.3 Å². The van der Waals surface area contributed by atoms with Gasteiger partial charge < -0.3 is 5.32 Å². The van der Waals surface area contributed by atoms with Crippen LogP contribution in [0.2, 0.25) is 0 Å². The molecule has 0 spiro atoms. The van der Waals surface area contributed by atoms with Crippen LogP contribution in [0, 0.1) is 11.3 Å². The van der Waals surface area contributed by atoms with E-state index in [0.29, 0.717) is 5.41 Å². The Kier molecular flexibility index (Phi) is 3.61. The number of allylic oxidation sites excluding steroid dienone is 3. The Bertz CT molecular complexity index is 394. The molecule has 100 valence electrons. The molecule has 0 aromatic rings. The van der Waals surface area contributed by atoms with E-state index in [1.807, 2.05) is 5.57 Å². The summed E-state index contributed by atoms with van der Waals surface area (Å²) in [5.41, 5.74) is 4.20. The third kappa shape index (κ3) is 1.75. The van der Waals surface area contributed by atoms with Gasteiger partial charge in [0.05, 0.1) is 0 Å². The molecule has 18 heavy (non-hydrogen) atoms. The number of rotatable bonds is 0. The quantitative estimate of drug-likeness (QED) is 0.641. The first-order chi connectivity index (χ1) is 8.40. The van der Waals surface area contributed by atoms with Crippen LogP contribution in [-0.2, 0) is 0 Å². The molecule has 0 amide bonds. The molecule has 0 aromatic carbocycles. The second-order valence-electron chi connectivity index (χ2n) is 6.48. The van der Waals surface area contributed by atoms with Crippen molar-refractivity contribution in [3.8, 4) is 0 Å². The highest BCUT2D eigenvalue weighted by molar-refractivity contribution is 14.0. The van der Waals surface area contributed by atoms with Crippen LogP contribution >= 0.6 is 24.0 Å². The van der Waals surface area contributed by atoms with Crippen molar-refractivity contribution in [2.45, 2.75) is 57.4 Å². The van der Waals surface area contributed by atoms with E-state index in [1.54, 1.807) is 5.57 Å². The van der Waals surface area contributed by atoms with E-state index in [4.69, 9.17) is 0 Å². The van der Waals surface area contributed by atoms with Gasteiger partial charge in [0.25, 0.3) is 0 Å². The molecule has 2 fully saturated rings. The van der Waals surface area contributed by atoms with Crippen molar-refractivity contribution in [2.75, 3.05) is 6.54 Å². The van der Waals surface area contributed by atoms with E-state index in [0.717, 1.165) is 12.0 Å². The summed E-state index contributed by atoms with van der Waals surface area (Å²) in [5, 5.41) is 3.82. The van der Waals surface area contributed by atoms with Gasteiger partial charge in [0, 0.05) is 11.5 Å². The zero-order chi connectivity index (χ0) is 11.3. The maximum atomic E-state index is 3.82. The lowest BCUT2D eigenvalue weighted by molar-refractivity contribution is 0.0452. The number of halogens is 1. The SMILES string of the molecule is C1=CC2=C(CC1)C[C@H]1NCC[C@@]23CCCC[C@@H]13.I. The summed E-state index contributed by atoms with van der Waals surface area (Å²) in [7, 11) is 0. The maximum Gasteiger partial charge on any atom is 0.0141 e. The van der Waals surface area contributed by atoms with Crippen LogP contribution in [0.1, 0.15) is 51.4 Å². The Hall–Kier alpha value is 0.170. The van der Waals surface area contributed by atoms with E-state index >= 15 is 0 Å². The zero-order valence-corrected chi connectivity index (χ0v) is 13.4. The minimum absolute atomic E-state index is 0. The van der Waals surface area contributed by atoms with Crippen molar-refractivity contribution in [2.24, 2.45) is 11.3 Å². The standard InChI is InChI=1S/C16H23N.HI/c1-2-6-13-12(5-1)11-15-14-7-3-4-8-16(13,14)9-10-17-15;/h2,6,14-15,17H,1,3-5,7-11H2;1H/t14-,15+,16-;/m0./s1. The van der Waals surface area contributed by atoms with Crippen LogP contribution in [0.5, 0.6) is 0 Å². The van der Waals surface area contributed by atoms with E-state index in [1.165, 1.54) is 57.9 Å². The molecule has 0 unspecified atom stereocenters. The summed E-state index contributed by atoms with van der Waals surface area (Å²) in [6.07, 6.45) is 16.2. The molecule has 1 saturated carbocycles. The lowest BCUT2D eigenvalue weighted by Crippen LogP contribution is -2.56. The van der Waals surface area contributed by atoms with Crippen LogP contribution in [0.3, 0.4) is 0 Å². The monoisotopic (exact) mass is 357 g/mol. The fourth-order valence-corrected chi connectivity index (χ4v) is 5.18. The molecule has 0 radical (unpaired) electrons. The predicted octanol–water partition coefficient (Wildman–Crippen LogP) is 4.19. The Morgan fingerprint density at radius 3 is 3.11 bits per heavy atom. The molecule has 4 aliphatic rings. The van der Waals surface area contributed by atoms with Gasteiger partial charge in [0.1, 0.15) is 0 Å². The summed E-state index contributed by atoms with van der Waals surface area (Å²) in [6, 6.07) is 0.814. The third-order valence-electron chi connectivity index (χ3n) is 5.84. The van der Waals surface area contributed by atoms with Gasteiger partial charge in [0.2, 0.25) is 0 Å². The van der Waals surface area contributed by atoms with E-state index < -0.39 is 0 Å². The number of piperidine rings is 1. The number of hydrogen-bond donors (Lipinski definition) is 1. The first-order valence-electron chi connectivity index (χ1n) is 7.53. The Labute approximate surface area is 128 Å². The van der Waals surface area contributed by atoms with Crippen LogP contribution < -0.4 is 5.32 Å². The van der Waals surface area contributed by atoms with Crippen molar-refractivity contribution in [1.29, 1.82) is 0 Å². The Morgan fingerprint density at radius 2 is 2.17 bits per heavy atom. The van der Waals surface area contributed by atoms with E-state index in [-0.39, 0.29) is 24.0 Å². The molecular formula is C16H24IN. The smallest absolute Gasteiger partial charge is 0.0141 e. The molecule has 2 bridgehead atoms. The van der Waals surface area contributed by atoms with Gasteiger partial charge in [-0.2, -0.15) is 0 Å². The van der Waals surface area contributed by atoms with Gasteiger partial charge in [-0.3, -0.25) is 0 Å². The average molecular weight is 357 g/mol. The molecule has 1 N–H and O–H groups in total. The Balaban J connectivity index is 0.000001000. The normalized spacial score (nSPS) is 41.8. The summed E-state index contributed by atoms with van der Waals surface area (Å²) in [6.45, 7) is 1.26. The third-order valence-corrected chi connectivity index (χ3v) is 5.84. The molecule has 2 heteroatoms. The topological polar surface area (TPSA) is 12.0 Å². The molecule has 0 aromatic heterocycles. The molecule has 4 rings (SSSR count). The minimum Gasteiger partial charge on any atom is -0.313 e. The first-order valence-corrected chi connectivity index (χ1v) is 7.53. The second kappa shape index (κ2) is 4.93. The maximum absolute atomic E-state index is 3.82. The van der Waals surface area contributed by atoms with E-state index in [2.05, 4.69) is 17.5 Å². The molecule has 1 nitrogen and oxygen atoms in total. The van der Waals surface area contributed by atoms with Crippen molar-refractivity contribution < 1.29 is 0 Å².